The van der Waals surface area contributed by atoms with E-state index in [4.69, 9.17) is 0 Å². The Labute approximate surface area is 144 Å². The summed E-state index contributed by atoms with van der Waals surface area (Å²) in [7, 11) is 0. The molecule has 25 heavy (non-hydrogen) atoms. The molecule has 1 fully saturated rings. The number of carbonyl (C=O) groups excluding carboxylic acids is 3. The van der Waals surface area contributed by atoms with Crippen molar-refractivity contribution in [3.05, 3.63) is 59.9 Å². The van der Waals surface area contributed by atoms with E-state index in [1.165, 1.54) is 25.1 Å². The van der Waals surface area contributed by atoms with Gasteiger partial charge in [0.05, 0.1) is 11.8 Å². The Kier molecular flexibility index (Phi) is 4.61. The zero-order valence-electron chi connectivity index (χ0n) is 13.6. The molecule has 2 N–H and O–H groups in total. The predicted molar refractivity (Wildman–Crippen MR) is 91.7 cm³/mol. The van der Waals surface area contributed by atoms with Crippen molar-refractivity contribution in [2.45, 2.75) is 13.3 Å². The van der Waals surface area contributed by atoms with Gasteiger partial charge < -0.3 is 10.6 Å². The molecule has 0 aliphatic heterocycles. The Morgan fingerprint density at radius 3 is 2.08 bits per heavy atom. The molecule has 2 atom stereocenters. The number of Topliss-reactive ketones (excluding diaryl/α,β-unsaturated/α-hetero) is 1. The fourth-order valence-corrected chi connectivity index (χ4v) is 2.60. The van der Waals surface area contributed by atoms with Gasteiger partial charge >= 0.3 is 0 Å². The van der Waals surface area contributed by atoms with Gasteiger partial charge in [0.15, 0.2) is 5.78 Å². The highest BCUT2D eigenvalue weighted by Crippen LogP contribution is 2.40. The number of hydrogen-bond acceptors (Lipinski definition) is 3. The minimum atomic E-state index is -0.433. The fraction of sp³-hybridized carbons (Fsp3) is 0.211. The van der Waals surface area contributed by atoms with E-state index in [1.54, 1.807) is 30.3 Å². The van der Waals surface area contributed by atoms with Crippen LogP contribution in [0.5, 0.6) is 0 Å². The van der Waals surface area contributed by atoms with Crippen molar-refractivity contribution in [3.63, 3.8) is 0 Å². The monoisotopic (exact) mass is 340 g/mol. The molecule has 6 heteroatoms. The molecule has 1 saturated carbocycles. The van der Waals surface area contributed by atoms with Gasteiger partial charge in [0, 0.05) is 16.9 Å². The highest BCUT2D eigenvalue weighted by molar-refractivity contribution is 6.03. The van der Waals surface area contributed by atoms with E-state index in [0.717, 1.165) is 0 Å². The van der Waals surface area contributed by atoms with Crippen molar-refractivity contribution in [1.29, 1.82) is 0 Å². The molecule has 5 nitrogen and oxygen atoms in total. The maximum atomic E-state index is 13.1. The van der Waals surface area contributed by atoms with Gasteiger partial charge in [0.2, 0.25) is 11.8 Å². The molecule has 0 heterocycles. The Morgan fingerprint density at radius 1 is 0.920 bits per heavy atom. The number of benzene rings is 2. The Balaban J connectivity index is 1.54. The lowest BCUT2D eigenvalue weighted by Crippen LogP contribution is -2.20. The number of amides is 2. The van der Waals surface area contributed by atoms with Crippen LogP contribution in [-0.2, 0) is 9.59 Å². The lowest BCUT2D eigenvalue weighted by Gasteiger charge is -2.07. The van der Waals surface area contributed by atoms with Crippen LogP contribution in [0.3, 0.4) is 0 Å². The van der Waals surface area contributed by atoms with E-state index in [1.807, 2.05) is 0 Å². The zero-order chi connectivity index (χ0) is 18.0. The molecule has 128 valence electrons. The molecule has 2 aromatic rings. The number of ketones is 1. The molecule has 0 spiro atoms. The second-order valence-corrected chi connectivity index (χ2v) is 6.07. The van der Waals surface area contributed by atoms with Crippen molar-refractivity contribution < 1.29 is 18.8 Å². The smallest absolute Gasteiger partial charge is 0.228 e. The number of halogens is 1. The number of rotatable bonds is 5. The first-order valence-electron chi connectivity index (χ1n) is 7.92. The van der Waals surface area contributed by atoms with Gasteiger partial charge in [-0.2, -0.15) is 0 Å². The number of nitrogens with one attached hydrogen (secondary N) is 2. The first-order valence-corrected chi connectivity index (χ1v) is 7.92. The summed E-state index contributed by atoms with van der Waals surface area (Å²) >= 11 is 0. The third-order valence-electron chi connectivity index (χ3n) is 4.12. The molecule has 0 aromatic heterocycles. The lowest BCUT2D eigenvalue weighted by atomic mass is 10.1. The van der Waals surface area contributed by atoms with Crippen molar-refractivity contribution in [3.8, 4) is 0 Å². The summed E-state index contributed by atoms with van der Waals surface area (Å²) < 4.78 is 13.1. The van der Waals surface area contributed by atoms with Gasteiger partial charge in [0.25, 0.3) is 0 Å². The van der Waals surface area contributed by atoms with Crippen LogP contribution < -0.4 is 10.6 Å². The van der Waals surface area contributed by atoms with E-state index in [9.17, 15) is 18.8 Å². The van der Waals surface area contributed by atoms with Crippen LogP contribution in [0.1, 0.15) is 23.7 Å². The highest BCUT2D eigenvalue weighted by Gasteiger charge is 2.48. The maximum absolute atomic E-state index is 13.1. The van der Waals surface area contributed by atoms with E-state index in [-0.39, 0.29) is 17.6 Å². The minimum absolute atomic E-state index is 0.0471. The third-order valence-corrected chi connectivity index (χ3v) is 4.12. The van der Waals surface area contributed by atoms with Crippen molar-refractivity contribution in [2.75, 3.05) is 10.6 Å². The maximum Gasteiger partial charge on any atom is 0.228 e. The van der Waals surface area contributed by atoms with Crippen molar-refractivity contribution >= 4 is 29.0 Å². The Morgan fingerprint density at radius 2 is 1.52 bits per heavy atom. The van der Waals surface area contributed by atoms with Crippen LogP contribution in [0.25, 0.3) is 0 Å². The average molecular weight is 340 g/mol. The second kappa shape index (κ2) is 6.84. The molecule has 2 aromatic carbocycles. The topological polar surface area (TPSA) is 75.3 Å². The minimum Gasteiger partial charge on any atom is -0.326 e. The Hall–Kier alpha value is -3.02. The normalized spacial score (nSPS) is 18.3. The SMILES string of the molecule is CC(=O)c1ccc(NC(=O)C2CC2C(=O)Nc2cccc(F)c2)cc1. The molecule has 0 bridgehead atoms. The number of hydrogen-bond donors (Lipinski definition) is 2. The summed E-state index contributed by atoms with van der Waals surface area (Å²) in [6.45, 7) is 1.47. The van der Waals surface area contributed by atoms with Gasteiger partial charge in [-0.1, -0.05) is 6.07 Å². The van der Waals surface area contributed by atoms with Gasteiger partial charge in [-0.15, -0.1) is 0 Å². The molecule has 0 saturated heterocycles. The molecule has 1 aliphatic carbocycles. The predicted octanol–water partition coefficient (Wildman–Crippen LogP) is 3.24. The molecule has 0 radical (unpaired) electrons. The van der Waals surface area contributed by atoms with Crippen LogP contribution >= 0.6 is 0 Å². The van der Waals surface area contributed by atoms with Crippen LogP contribution in [-0.4, -0.2) is 17.6 Å². The standard InChI is InChI=1S/C19H17FN2O3/c1-11(23)12-5-7-14(8-6-12)21-18(24)16-10-17(16)19(25)22-15-4-2-3-13(20)9-15/h2-9,16-17H,10H2,1H3,(H,21,24)(H,22,25). The second-order valence-electron chi connectivity index (χ2n) is 6.07. The van der Waals surface area contributed by atoms with Crippen molar-refractivity contribution in [1.82, 2.24) is 0 Å². The highest BCUT2D eigenvalue weighted by atomic mass is 19.1. The largest absolute Gasteiger partial charge is 0.326 e. The molecular weight excluding hydrogens is 323 g/mol. The summed E-state index contributed by atoms with van der Waals surface area (Å²) in [5, 5.41) is 5.35. The quantitative estimate of drug-likeness (QED) is 0.821. The van der Waals surface area contributed by atoms with E-state index >= 15 is 0 Å². The first kappa shape index (κ1) is 16.8. The molecular formula is C19H17FN2O3. The van der Waals surface area contributed by atoms with Crippen LogP contribution in [0.4, 0.5) is 15.8 Å². The lowest BCUT2D eigenvalue weighted by molar-refractivity contribution is -0.122. The van der Waals surface area contributed by atoms with Crippen LogP contribution in [0.15, 0.2) is 48.5 Å². The van der Waals surface area contributed by atoms with Gasteiger partial charge in [0.1, 0.15) is 5.82 Å². The summed E-state index contributed by atoms with van der Waals surface area (Å²) in [5.41, 5.74) is 1.51. The molecule has 2 unspecified atom stereocenters. The van der Waals surface area contributed by atoms with Gasteiger partial charge in [-0.05, 0) is 55.8 Å². The van der Waals surface area contributed by atoms with Crippen LogP contribution in [0, 0.1) is 17.7 Å². The van der Waals surface area contributed by atoms with Crippen molar-refractivity contribution in [2.24, 2.45) is 11.8 Å². The van der Waals surface area contributed by atoms with E-state index in [0.29, 0.717) is 23.4 Å². The fourth-order valence-electron chi connectivity index (χ4n) is 2.60. The summed E-state index contributed by atoms with van der Waals surface area (Å²) in [6, 6.07) is 12.2. The zero-order valence-corrected chi connectivity index (χ0v) is 13.6. The van der Waals surface area contributed by atoms with Gasteiger partial charge in [-0.3, -0.25) is 14.4 Å². The average Bonchev–Trinajstić information content (AvgIpc) is 3.36. The van der Waals surface area contributed by atoms with E-state index < -0.39 is 17.7 Å². The Bertz CT molecular complexity index is 833. The molecule has 1 aliphatic rings. The first-order chi connectivity index (χ1) is 11.9. The van der Waals surface area contributed by atoms with Gasteiger partial charge in [-0.25, -0.2) is 4.39 Å². The molecule has 3 rings (SSSR count). The number of anilines is 2. The summed E-state index contributed by atoms with van der Waals surface area (Å²) in [5.74, 6) is -1.83. The summed E-state index contributed by atoms with van der Waals surface area (Å²) in [6.07, 6.45) is 0.457. The molecule has 2 amide bonds. The third kappa shape index (κ3) is 4.09. The number of carbonyl (C=O) groups is 3. The summed E-state index contributed by atoms with van der Waals surface area (Å²) in [4.78, 5) is 35.5. The van der Waals surface area contributed by atoms with E-state index in [2.05, 4.69) is 10.6 Å². The van der Waals surface area contributed by atoms with Crippen LogP contribution in [0.2, 0.25) is 0 Å².